The van der Waals surface area contributed by atoms with Gasteiger partial charge in [0.1, 0.15) is 0 Å². The molecule has 1 saturated heterocycles. The Labute approximate surface area is 172 Å². The van der Waals surface area contributed by atoms with Crippen molar-refractivity contribution in [3.63, 3.8) is 0 Å². The molecule has 2 atom stereocenters. The normalized spacial score (nSPS) is 19.4. The van der Waals surface area contributed by atoms with Gasteiger partial charge in [0.05, 0.1) is 18.8 Å². The molecule has 0 aromatic heterocycles. The topological polar surface area (TPSA) is 116 Å². The molecule has 1 aromatic carbocycles. The Hall–Kier alpha value is -2.00. The number of nitrogens with zero attached hydrogens (tertiary/aromatic N) is 6. The molecule has 0 radical (unpaired) electrons. The first-order valence-corrected chi connectivity index (χ1v) is 10.1. The third-order valence-electron chi connectivity index (χ3n) is 4.96. The van der Waals surface area contributed by atoms with Crippen LogP contribution < -0.4 is 0 Å². The number of hydrogen-bond donors (Lipinski definition) is 2. The summed E-state index contributed by atoms with van der Waals surface area (Å²) >= 11 is 0. The fraction of sp³-hybridized carbons (Fsp3) is 0.650. The van der Waals surface area contributed by atoms with Crippen LogP contribution in [0.5, 0.6) is 0 Å². The lowest BCUT2D eigenvalue weighted by molar-refractivity contribution is 0.0903. The van der Waals surface area contributed by atoms with Crippen molar-refractivity contribution < 1.29 is 15.0 Å². The lowest BCUT2D eigenvalue weighted by atomic mass is 10.1. The van der Waals surface area contributed by atoms with Gasteiger partial charge in [-0.1, -0.05) is 29.4 Å². The van der Waals surface area contributed by atoms with Crippen LogP contribution in [0.25, 0.3) is 10.4 Å². The largest absolute Gasteiger partial charge is 0.392 e. The third-order valence-corrected chi connectivity index (χ3v) is 4.96. The first-order valence-electron chi connectivity index (χ1n) is 10.1. The highest BCUT2D eigenvalue weighted by atomic mass is 16.3. The molecule has 29 heavy (non-hydrogen) atoms. The summed E-state index contributed by atoms with van der Waals surface area (Å²) in [5.41, 5.74) is 9.55. The maximum atomic E-state index is 12.7. The van der Waals surface area contributed by atoms with E-state index in [4.69, 9.17) is 5.53 Å². The van der Waals surface area contributed by atoms with Crippen LogP contribution in [0.2, 0.25) is 0 Å². The highest BCUT2D eigenvalue weighted by Gasteiger charge is 2.20. The van der Waals surface area contributed by atoms with Crippen LogP contribution in [0, 0.1) is 0 Å². The molecule has 0 aliphatic carbocycles. The van der Waals surface area contributed by atoms with E-state index in [1.165, 1.54) is 0 Å². The Balaban J connectivity index is 2.04. The van der Waals surface area contributed by atoms with E-state index in [1.807, 2.05) is 0 Å². The molecule has 1 fully saturated rings. The van der Waals surface area contributed by atoms with Crippen LogP contribution in [-0.2, 0) is 0 Å². The maximum absolute atomic E-state index is 12.7. The van der Waals surface area contributed by atoms with Crippen molar-refractivity contribution >= 4 is 11.5 Å². The summed E-state index contributed by atoms with van der Waals surface area (Å²) in [5.74, 6) is 0.0147. The Morgan fingerprint density at radius 3 is 1.83 bits per heavy atom. The Morgan fingerprint density at radius 1 is 0.966 bits per heavy atom. The first-order chi connectivity index (χ1) is 13.9. The van der Waals surface area contributed by atoms with Crippen LogP contribution in [0.1, 0.15) is 24.2 Å². The second-order valence-electron chi connectivity index (χ2n) is 7.73. The number of hydrogen-bond acceptors (Lipinski definition) is 7. The number of aliphatic hydroxyl groups excluding tert-OH is 2. The van der Waals surface area contributed by atoms with E-state index in [2.05, 4.69) is 24.7 Å². The Kier molecular flexibility index (Phi) is 9.53. The van der Waals surface area contributed by atoms with E-state index in [0.29, 0.717) is 30.9 Å². The second-order valence-corrected chi connectivity index (χ2v) is 7.73. The van der Waals surface area contributed by atoms with E-state index in [0.717, 1.165) is 39.3 Å². The lowest BCUT2D eigenvalue weighted by Gasteiger charge is -2.27. The number of aliphatic hydroxyl groups is 2. The molecule has 0 unspecified atom stereocenters. The van der Waals surface area contributed by atoms with E-state index < -0.39 is 12.2 Å². The van der Waals surface area contributed by atoms with Gasteiger partial charge in [-0.2, -0.15) is 0 Å². The molecule has 0 saturated carbocycles. The molecule has 9 heteroatoms. The minimum atomic E-state index is -0.411. The van der Waals surface area contributed by atoms with E-state index >= 15 is 0 Å². The molecule has 2 N–H and O–H groups in total. The smallest absolute Gasteiger partial charge is 0.176 e. The minimum absolute atomic E-state index is 0.0147. The van der Waals surface area contributed by atoms with E-state index in [9.17, 15) is 15.0 Å². The van der Waals surface area contributed by atoms with Crippen molar-refractivity contribution in [1.82, 2.24) is 14.7 Å². The molecule has 0 spiro atoms. The monoisotopic (exact) mass is 404 g/mol. The Morgan fingerprint density at radius 2 is 1.41 bits per heavy atom. The van der Waals surface area contributed by atoms with Crippen molar-refractivity contribution in [1.29, 1.82) is 0 Å². The van der Waals surface area contributed by atoms with E-state index in [1.54, 1.807) is 38.1 Å². The molecular weight excluding hydrogens is 372 g/mol. The molecular formula is C20H32N6O3. The number of azide groups is 1. The molecule has 1 aliphatic heterocycles. The van der Waals surface area contributed by atoms with Crippen LogP contribution in [0.4, 0.5) is 5.69 Å². The summed E-state index contributed by atoms with van der Waals surface area (Å²) in [7, 11) is 0. The number of carbonyl (C=O) groups is 1. The zero-order valence-electron chi connectivity index (χ0n) is 17.3. The van der Waals surface area contributed by atoms with Crippen molar-refractivity contribution in [2.45, 2.75) is 26.1 Å². The zero-order valence-corrected chi connectivity index (χ0v) is 17.3. The first kappa shape index (κ1) is 23.3. The standard InChI is InChI=1S/C20H32N6O3/c1-16(27)13-24-7-8-25(14-17(2)28)10-12-26(11-9-24)15-20(29)18-3-5-19(6-4-18)22-23-21/h3-6,16-17,27-28H,7-15H2,1-2H3/t16-,17-/m0/s1. The van der Waals surface area contributed by atoms with Gasteiger partial charge in [0.25, 0.3) is 0 Å². The average molecular weight is 405 g/mol. The Bertz CT molecular complexity index is 666. The number of benzene rings is 1. The quantitative estimate of drug-likeness (QED) is 0.293. The van der Waals surface area contributed by atoms with Crippen molar-refractivity contribution in [2.75, 3.05) is 58.9 Å². The lowest BCUT2D eigenvalue weighted by Crippen LogP contribution is -2.41. The molecule has 0 bridgehead atoms. The van der Waals surface area contributed by atoms with Gasteiger partial charge in [-0.25, -0.2) is 0 Å². The van der Waals surface area contributed by atoms with Crippen molar-refractivity contribution in [2.24, 2.45) is 5.11 Å². The summed E-state index contributed by atoms with van der Waals surface area (Å²) < 4.78 is 0. The van der Waals surface area contributed by atoms with Crippen LogP contribution >= 0.6 is 0 Å². The number of carbonyl (C=O) groups excluding carboxylic acids is 1. The van der Waals surface area contributed by atoms with Crippen LogP contribution in [-0.4, -0.2) is 102 Å². The highest BCUT2D eigenvalue weighted by Crippen LogP contribution is 2.14. The summed E-state index contributed by atoms with van der Waals surface area (Å²) in [6.45, 7) is 9.69. The summed E-state index contributed by atoms with van der Waals surface area (Å²) in [6, 6.07) is 6.64. The number of rotatable bonds is 8. The maximum Gasteiger partial charge on any atom is 0.176 e. The predicted octanol–water partition coefficient (Wildman–Crippen LogP) is 1.49. The summed E-state index contributed by atoms with van der Waals surface area (Å²) in [5, 5.41) is 23.1. The molecule has 1 aromatic rings. The van der Waals surface area contributed by atoms with Gasteiger partial charge in [-0.15, -0.1) is 0 Å². The molecule has 2 rings (SSSR count). The summed E-state index contributed by atoms with van der Waals surface area (Å²) in [6.07, 6.45) is -0.823. The number of Topliss-reactive ketones (excluding diaryl/α,β-unsaturated/α-hetero) is 1. The second kappa shape index (κ2) is 11.9. The zero-order chi connectivity index (χ0) is 21.2. The average Bonchev–Trinajstić information content (AvgIpc) is 2.74. The van der Waals surface area contributed by atoms with Crippen LogP contribution in [0.3, 0.4) is 0 Å². The van der Waals surface area contributed by atoms with Crippen molar-refractivity contribution in [3.8, 4) is 0 Å². The predicted molar refractivity (Wildman–Crippen MR) is 112 cm³/mol. The highest BCUT2D eigenvalue weighted by molar-refractivity contribution is 5.97. The number of β-amino-alcohol motifs (C(OH)–C–C–N with tert-alkyl or cyclic N) is 2. The van der Waals surface area contributed by atoms with Gasteiger partial charge >= 0.3 is 0 Å². The number of ketones is 1. The van der Waals surface area contributed by atoms with Gasteiger partial charge in [0.2, 0.25) is 0 Å². The van der Waals surface area contributed by atoms with Gasteiger partial charge in [0, 0.05) is 68.5 Å². The SMILES string of the molecule is C[C@H](O)CN1CCN(CC(=O)c2ccc(N=[N+]=[N-])cc2)CCN(C[C@H](C)O)CC1. The van der Waals surface area contributed by atoms with Gasteiger partial charge in [0.15, 0.2) is 5.78 Å². The van der Waals surface area contributed by atoms with Gasteiger partial charge in [-0.05, 0) is 19.4 Å². The molecule has 1 aliphatic rings. The fourth-order valence-corrected chi connectivity index (χ4v) is 3.51. The molecule has 1 heterocycles. The van der Waals surface area contributed by atoms with Gasteiger partial charge < -0.3 is 10.2 Å². The minimum Gasteiger partial charge on any atom is -0.392 e. The summed E-state index contributed by atoms with van der Waals surface area (Å²) in [4.78, 5) is 22.0. The van der Waals surface area contributed by atoms with E-state index in [-0.39, 0.29) is 5.78 Å². The third kappa shape index (κ3) is 8.49. The fourth-order valence-electron chi connectivity index (χ4n) is 3.51. The van der Waals surface area contributed by atoms with Crippen LogP contribution in [0.15, 0.2) is 29.4 Å². The molecule has 160 valence electrons. The molecule has 9 nitrogen and oxygen atoms in total. The van der Waals surface area contributed by atoms with Gasteiger partial charge in [-0.3, -0.25) is 19.5 Å². The van der Waals surface area contributed by atoms with Crippen molar-refractivity contribution in [3.05, 3.63) is 40.3 Å². The molecule has 0 amide bonds.